The Hall–Kier alpha value is -3.17. The molecule has 0 spiro atoms. The van der Waals surface area contributed by atoms with Gasteiger partial charge >= 0.3 is 24.0 Å². The van der Waals surface area contributed by atoms with Gasteiger partial charge in [0, 0.05) is 12.6 Å². The van der Waals surface area contributed by atoms with Crippen LogP contribution in [0.1, 0.15) is 54.0 Å². The SMILES string of the molecule is CCOC(=O)C(C)C(Cc1ccc(NC(=O)OC(C)(C)C)nc1)(C(=O)OCC)C(=O)OCC. The van der Waals surface area contributed by atoms with Crippen molar-refractivity contribution in [3.05, 3.63) is 23.9 Å². The van der Waals surface area contributed by atoms with Gasteiger partial charge in [0.2, 0.25) is 0 Å². The Morgan fingerprint density at radius 3 is 1.91 bits per heavy atom. The number of nitrogens with one attached hydrogen (secondary N) is 1. The third-order valence-electron chi connectivity index (χ3n) is 4.60. The first-order valence-electron chi connectivity index (χ1n) is 10.9. The summed E-state index contributed by atoms with van der Waals surface area (Å²) in [6.07, 6.45) is 0.494. The molecule has 0 saturated heterocycles. The number of aromatic nitrogens is 1. The smallest absolute Gasteiger partial charge is 0.413 e. The number of rotatable bonds is 10. The summed E-state index contributed by atoms with van der Waals surface area (Å²) in [5.41, 5.74) is -2.20. The maximum Gasteiger partial charge on any atom is 0.413 e. The minimum absolute atomic E-state index is 0.00648. The predicted molar refractivity (Wildman–Crippen MR) is 119 cm³/mol. The van der Waals surface area contributed by atoms with Gasteiger partial charge in [-0.3, -0.25) is 19.7 Å². The average Bonchev–Trinajstić information content (AvgIpc) is 2.71. The molecule has 33 heavy (non-hydrogen) atoms. The van der Waals surface area contributed by atoms with E-state index in [1.54, 1.807) is 47.6 Å². The van der Waals surface area contributed by atoms with Crippen LogP contribution < -0.4 is 5.32 Å². The highest BCUT2D eigenvalue weighted by Gasteiger charge is 2.56. The van der Waals surface area contributed by atoms with E-state index >= 15 is 0 Å². The van der Waals surface area contributed by atoms with Crippen molar-refractivity contribution in [1.82, 2.24) is 4.98 Å². The van der Waals surface area contributed by atoms with Crippen molar-refractivity contribution in [3.8, 4) is 0 Å². The Balaban J connectivity index is 3.31. The monoisotopic (exact) mass is 466 g/mol. The summed E-state index contributed by atoms with van der Waals surface area (Å²) in [7, 11) is 0. The third-order valence-corrected chi connectivity index (χ3v) is 4.60. The predicted octanol–water partition coefficient (Wildman–Crippen LogP) is 3.28. The maximum absolute atomic E-state index is 13.1. The number of carbonyl (C=O) groups is 4. The van der Waals surface area contributed by atoms with E-state index in [2.05, 4.69) is 10.3 Å². The van der Waals surface area contributed by atoms with Gasteiger partial charge in [-0.05, 0) is 53.2 Å². The fraction of sp³-hybridized carbons (Fsp3) is 0.609. The summed E-state index contributed by atoms with van der Waals surface area (Å²) in [6, 6.07) is 3.07. The molecule has 1 amide bonds. The second-order valence-corrected chi connectivity index (χ2v) is 8.24. The molecular formula is C23H34N2O8. The normalized spacial score (nSPS) is 12.3. The van der Waals surface area contributed by atoms with E-state index < -0.39 is 40.9 Å². The number of nitrogens with zero attached hydrogens (tertiary/aromatic N) is 1. The zero-order chi connectivity index (χ0) is 25.2. The molecule has 1 rings (SSSR count). The van der Waals surface area contributed by atoms with Crippen LogP contribution in [-0.4, -0.2) is 54.4 Å². The van der Waals surface area contributed by atoms with Crippen molar-refractivity contribution in [1.29, 1.82) is 0 Å². The molecule has 10 nitrogen and oxygen atoms in total. The van der Waals surface area contributed by atoms with Gasteiger partial charge in [-0.2, -0.15) is 0 Å². The second kappa shape index (κ2) is 12.2. The minimum atomic E-state index is -1.97. The lowest BCUT2D eigenvalue weighted by atomic mass is 9.71. The Kier molecular flexibility index (Phi) is 10.3. The van der Waals surface area contributed by atoms with Gasteiger partial charge in [0.1, 0.15) is 11.4 Å². The molecule has 0 aliphatic heterocycles. The second-order valence-electron chi connectivity index (χ2n) is 8.24. The third kappa shape index (κ3) is 7.73. The van der Waals surface area contributed by atoms with Crippen LogP contribution in [0, 0.1) is 11.3 Å². The van der Waals surface area contributed by atoms with Crippen LogP contribution in [0.3, 0.4) is 0 Å². The number of hydrogen-bond acceptors (Lipinski definition) is 9. The highest BCUT2D eigenvalue weighted by Crippen LogP contribution is 2.36. The molecule has 1 N–H and O–H groups in total. The van der Waals surface area contributed by atoms with Crippen molar-refractivity contribution >= 4 is 29.8 Å². The molecule has 0 radical (unpaired) electrons. The Labute approximate surface area is 194 Å². The molecule has 10 heteroatoms. The molecule has 184 valence electrons. The van der Waals surface area contributed by atoms with Crippen molar-refractivity contribution in [3.63, 3.8) is 0 Å². The van der Waals surface area contributed by atoms with Crippen LogP contribution in [0.25, 0.3) is 0 Å². The molecule has 1 unspecified atom stereocenters. The van der Waals surface area contributed by atoms with Crippen molar-refractivity contribution in [2.45, 2.75) is 60.5 Å². The van der Waals surface area contributed by atoms with E-state index in [-0.39, 0.29) is 32.1 Å². The first-order valence-corrected chi connectivity index (χ1v) is 10.9. The lowest BCUT2D eigenvalue weighted by molar-refractivity contribution is -0.182. The number of pyridine rings is 1. The summed E-state index contributed by atoms with van der Waals surface area (Å²) >= 11 is 0. The van der Waals surface area contributed by atoms with Crippen LogP contribution >= 0.6 is 0 Å². The van der Waals surface area contributed by atoms with Crippen LogP contribution in [0.2, 0.25) is 0 Å². The number of carbonyl (C=O) groups excluding carboxylic acids is 4. The van der Waals surface area contributed by atoms with E-state index in [0.717, 1.165) is 0 Å². The lowest BCUT2D eigenvalue weighted by Crippen LogP contribution is -2.51. The van der Waals surface area contributed by atoms with Crippen molar-refractivity contribution in [2.24, 2.45) is 11.3 Å². The van der Waals surface area contributed by atoms with Crippen LogP contribution in [0.4, 0.5) is 10.6 Å². The van der Waals surface area contributed by atoms with Gasteiger partial charge < -0.3 is 18.9 Å². The molecule has 0 aliphatic rings. The van der Waals surface area contributed by atoms with Gasteiger partial charge in [-0.1, -0.05) is 13.0 Å². The lowest BCUT2D eigenvalue weighted by Gasteiger charge is -2.33. The Morgan fingerprint density at radius 2 is 1.48 bits per heavy atom. The molecule has 0 bridgehead atoms. The molecule has 0 aliphatic carbocycles. The maximum atomic E-state index is 13.1. The summed E-state index contributed by atoms with van der Waals surface area (Å²) in [5.74, 6) is -3.48. The van der Waals surface area contributed by atoms with Gasteiger partial charge in [0.15, 0.2) is 5.41 Å². The largest absolute Gasteiger partial charge is 0.466 e. The Bertz CT molecular complexity index is 812. The van der Waals surface area contributed by atoms with E-state index in [1.165, 1.54) is 19.2 Å². The quantitative estimate of drug-likeness (QED) is 0.313. The number of hydrogen-bond donors (Lipinski definition) is 1. The highest BCUT2D eigenvalue weighted by molar-refractivity contribution is 6.04. The first kappa shape index (κ1) is 27.9. The fourth-order valence-corrected chi connectivity index (χ4v) is 3.06. The van der Waals surface area contributed by atoms with Crippen molar-refractivity contribution < 1.29 is 38.1 Å². The van der Waals surface area contributed by atoms with Crippen LogP contribution in [-0.2, 0) is 39.8 Å². The fourth-order valence-electron chi connectivity index (χ4n) is 3.06. The van der Waals surface area contributed by atoms with Gasteiger partial charge in [0.25, 0.3) is 0 Å². The Morgan fingerprint density at radius 1 is 0.939 bits per heavy atom. The van der Waals surface area contributed by atoms with E-state index in [4.69, 9.17) is 18.9 Å². The molecule has 1 aromatic heterocycles. The number of amides is 1. The molecule has 0 aromatic carbocycles. The van der Waals surface area contributed by atoms with Gasteiger partial charge in [-0.15, -0.1) is 0 Å². The van der Waals surface area contributed by atoms with Gasteiger partial charge in [-0.25, -0.2) is 9.78 Å². The molecule has 1 heterocycles. The zero-order valence-electron chi connectivity index (χ0n) is 20.4. The number of anilines is 1. The molecule has 1 aromatic rings. The van der Waals surface area contributed by atoms with E-state index in [1.807, 2.05) is 0 Å². The molecule has 0 saturated carbocycles. The summed E-state index contributed by atoms with van der Waals surface area (Å²) in [4.78, 5) is 54.8. The van der Waals surface area contributed by atoms with Gasteiger partial charge in [0.05, 0.1) is 25.7 Å². The summed E-state index contributed by atoms with van der Waals surface area (Å²) in [6.45, 7) is 11.5. The van der Waals surface area contributed by atoms with E-state index in [0.29, 0.717) is 5.56 Å². The van der Waals surface area contributed by atoms with Crippen LogP contribution in [0.15, 0.2) is 18.3 Å². The molecule has 1 atom stereocenters. The number of esters is 3. The molecule has 0 fully saturated rings. The highest BCUT2D eigenvalue weighted by atomic mass is 16.6. The molecular weight excluding hydrogens is 432 g/mol. The minimum Gasteiger partial charge on any atom is -0.466 e. The number of ether oxygens (including phenoxy) is 4. The zero-order valence-corrected chi connectivity index (χ0v) is 20.4. The average molecular weight is 467 g/mol. The van der Waals surface area contributed by atoms with Crippen molar-refractivity contribution in [2.75, 3.05) is 25.1 Å². The summed E-state index contributed by atoms with van der Waals surface area (Å²) < 4.78 is 20.6. The summed E-state index contributed by atoms with van der Waals surface area (Å²) in [5, 5.41) is 2.50. The first-order chi connectivity index (χ1) is 15.4. The standard InChI is InChI=1S/C23H34N2O8/c1-8-30-18(26)15(4)23(19(27)31-9-2,20(28)32-10-3)13-16-11-12-17(24-14-16)25-21(29)33-22(5,6)7/h11-12,14-15H,8-10,13H2,1-7H3,(H,24,25,29). The topological polar surface area (TPSA) is 130 Å². The van der Waals surface area contributed by atoms with E-state index in [9.17, 15) is 19.2 Å². The van der Waals surface area contributed by atoms with Crippen LogP contribution in [0.5, 0.6) is 0 Å².